The van der Waals surface area contributed by atoms with Gasteiger partial charge in [-0.15, -0.1) is 11.3 Å². The van der Waals surface area contributed by atoms with Crippen LogP contribution in [0.3, 0.4) is 0 Å². The number of aromatic nitrogens is 2. The lowest BCUT2D eigenvalue weighted by molar-refractivity contribution is -0.118. The summed E-state index contributed by atoms with van der Waals surface area (Å²) in [6.07, 6.45) is 1.66. The number of nitrogens with one attached hydrogen (secondary N) is 1. The third-order valence-electron chi connectivity index (χ3n) is 4.35. The summed E-state index contributed by atoms with van der Waals surface area (Å²) in [5.74, 6) is 0.0553. The topological polar surface area (TPSA) is 59.3 Å². The Morgan fingerprint density at radius 2 is 2.00 bits per heavy atom. The molecule has 8 heteroatoms. The molecule has 0 fully saturated rings. The fraction of sp³-hybridized carbons (Fsp3) is 0.136. The zero-order valence-corrected chi connectivity index (χ0v) is 18.6. The first-order valence-electron chi connectivity index (χ1n) is 9.29. The Bertz CT molecular complexity index is 1200. The van der Waals surface area contributed by atoms with Gasteiger partial charge in [-0.2, -0.15) is 5.10 Å². The van der Waals surface area contributed by atoms with E-state index in [2.05, 4.69) is 15.1 Å². The van der Waals surface area contributed by atoms with Gasteiger partial charge in [-0.25, -0.2) is 10.4 Å². The van der Waals surface area contributed by atoms with Gasteiger partial charge in [0, 0.05) is 14.8 Å². The number of para-hydroxylation sites is 2. The van der Waals surface area contributed by atoms with Crippen LogP contribution in [0.1, 0.15) is 15.3 Å². The van der Waals surface area contributed by atoms with Crippen molar-refractivity contribution in [3.05, 3.63) is 81.0 Å². The molecule has 0 aliphatic rings. The van der Waals surface area contributed by atoms with E-state index in [4.69, 9.17) is 16.6 Å². The van der Waals surface area contributed by atoms with E-state index in [0.717, 1.165) is 26.6 Å². The second kappa shape index (κ2) is 9.47. The van der Waals surface area contributed by atoms with Crippen LogP contribution in [0.15, 0.2) is 70.9 Å². The van der Waals surface area contributed by atoms with Gasteiger partial charge in [-0.05, 0) is 48.9 Å². The van der Waals surface area contributed by atoms with Gasteiger partial charge in [0.15, 0.2) is 5.16 Å². The third kappa shape index (κ3) is 5.11. The van der Waals surface area contributed by atoms with Crippen molar-refractivity contribution in [1.29, 1.82) is 0 Å². The second-order valence-corrected chi connectivity index (χ2v) is 9.32. The van der Waals surface area contributed by atoms with Crippen LogP contribution in [0, 0.1) is 6.92 Å². The molecule has 0 saturated heterocycles. The van der Waals surface area contributed by atoms with Crippen LogP contribution in [0.5, 0.6) is 0 Å². The first kappa shape index (κ1) is 20.7. The molecule has 0 spiro atoms. The van der Waals surface area contributed by atoms with Crippen LogP contribution in [-0.2, 0) is 11.3 Å². The number of aryl methyl sites for hydroxylation is 1. The summed E-state index contributed by atoms with van der Waals surface area (Å²) < 4.78 is 2.12. The summed E-state index contributed by atoms with van der Waals surface area (Å²) >= 11 is 9.03. The molecule has 0 aliphatic carbocycles. The van der Waals surface area contributed by atoms with Gasteiger partial charge in [-0.3, -0.25) is 4.79 Å². The number of benzene rings is 2. The average Bonchev–Trinajstić information content (AvgIpc) is 3.31. The molecule has 152 valence electrons. The van der Waals surface area contributed by atoms with Crippen molar-refractivity contribution < 1.29 is 4.79 Å². The molecule has 0 atom stereocenters. The number of carbonyl (C=O) groups is 1. The summed E-state index contributed by atoms with van der Waals surface area (Å²) in [7, 11) is 0. The Kier molecular flexibility index (Phi) is 6.52. The van der Waals surface area contributed by atoms with E-state index < -0.39 is 0 Å². The third-order valence-corrected chi connectivity index (χ3v) is 6.51. The summed E-state index contributed by atoms with van der Waals surface area (Å²) in [4.78, 5) is 19.2. The smallest absolute Gasteiger partial charge is 0.250 e. The van der Waals surface area contributed by atoms with Crippen molar-refractivity contribution in [2.75, 3.05) is 5.75 Å². The number of hydrogen-bond acceptors (Lipinski definition) is 5. The van der Waals surface area contributed by atoms with Crippen molar-refractivity contribution in [2.24, 2.45) is 5.10 Å². The molecule has 0 saturated carbocycles. The fourth-order valence-corrected chi connectivity index (χ4v) is 4.62. The summed E-state index contributed by atoms with van der Waals surface area (Å²) in [5.41, 5.74) is 5.63. The van der Waals surface area contributed by atoms with Gasteiger partial charge >= 0.3 is 0 Å². The number of thiophene rings is 1. The van der Waals surface area contributed by atoms with Crippen LogP contribution in [0.2, 0.25) is 5.02 Å². The highest BCUT2D eigenvalue weighted by Gasteiger charge is 2.13. The number of hydrazone groups is 1. The van der Waals surface area contributed by atoms with Gasteiger partial charge in [0.2, 0.25) is 0 Å². The van der Waals surface area contributed by atoms with E-state index in [1.54, 1.807) is 17.6 Å². The number of nitrogens with zero attached hydrogens (tertiary/aromatic N) is 3. The maximum absolute atomic E-state index is 12.2. The highest BCUT2D eigenvalue weighted by atomic mass is 35.5. The molecule has 2 aromatic heterocycles. The summed E-state index contributed by atoms with van der Waals surface area (Å²) in [5, 5.41) is 5.54. The standard InChI is InChI=1S/C22H19ClN4OS2/c1-15-6-11-18(30-15)12-24-26-21(28)14-29-22-25-19-4-2-3-5-20(19)27(22)13-16-7-9-17(23)10-8-16/h2-12H,13-14H2,1H3,(H,26,28). The number of halogens is 1. The van der Waals surface area contributed by atoms with Crippen molar-refractivity contribution in [1.82, 2.24) is 15.0 Å². The molecule has 5 nitrogen and oxygen atoms in total. The Labute approximate surface area is 187 Å². The molecule has 1 N–H and O–H groups in total. The average molecular weight is 455 g/mol. The Morgan fingerprint density at radius 1 is 1.20 bits per heavy atom. The first-order valence-corrected chi connectivity index (χ1v) is 11.5. The normalized spacial score (nSPS) is 11.4. The number of carbonyl (C=O) groups excluding carboxylic acids is 1. The molecule has 0 unspecified atom stereocenters. The number of imidazole rings is 1. The highest BCUT2D eigenvalue weighted by molar-refractivity contribution is 7.99. The number of rotatable bonds is 7. The summed E-state index contributed by atoms with van der Waals surface area (Å²) in [6.45, 7) is 2.69. The minimum absolute atomic E-state index is 0.172. The van der Waals surface area contributed by atoms with E-state index in [-0.39, 0.29) is 11.7 Å². The molecule has 2 heterocycles. The molecule has 1 amide bonds. The van der Waals surface area contributed by atoms with Gasteiger partial charge in [0.1, 0.15) is 0 Å². The maximum Gasteiger partial charge on any atom is 0.250 e. The van der Waals surface area contributed by atoms with Crippen LogP contribution in [-0.4, -0.2) is 27.4 Å². The van der Waals surface area contributed by atoms with Crippen LogP contribution in [0.4, 0.5) is 0 Å². The van der Waals surface area contributed by atoms with Crippen LogP contribution >= 0.6 is 34.7 Å². The molecule has 30 heavy (non-hydrogen) atoms. The van der Waals surface area contributed by atoms with Crippen molar-refractivity contribution >= 4 is 57.9 Å². The van der Waals surface area contributed by atoms with Crippen LogP contribution in [0.25, 0.3) is 11.0 Å². The number of fused-ring (bicyclic) bond motifs is 1. The molecular weight excluding hydrogens is 436 g/mol. The van der Waals surface area contributed by atoms with Gasteiger partial charge in [0.25, 0.3) is 5.91 Å². The highest BCUT2D eigenvalue weighted by Crippen LogP contribution is 2.25. The van der Waals surface area contributed by atoms with Crippen LogP contribution < -0.4 is 5.43 Å². The second-order valence-electron chi connectivity index (χ2n) is 6.63. The van der Waals surface area contributed by atoms with E-state index >= 15 is 0 Å². The zero-order valence-electron chi connectivity index (χ0n) is 16.2. The number of hydrogen-bond donors (Lipinski definition) is 1. The minimum Gasteiger partial charge on any atom is -0.314 e. The largest absolute Gasteiger partial charge is 0.314 e. The monoisotopic (exact) mass is 454 g/mol. The van der Waals surface area contributed by atoms with E-state index in [1.165, 1.54) is 16.6 Å². The Morgan fingerprint density at radius 3 is 2.77 bits per heavy atom. The SMILES string of the molecule is Cc1ccc(C=NNC(=O)CSc2nc3ccccc3n2Cc2ccc(Cl)cc2)s1. The quantitative estimate of drug-likeness (QED) is 0.232. The Hall–Kier alpha value is -2.61. The predicted octanol–water partition coefficient (Wildman–Crippen LogP) is 5.35. The van der Waals surface area contributed by atoms with E-state index in [1.807, 2.05) is 67.6 Å². The van der Waals surface area contributed by atoms with Crippen molar-refractivity contribution in [3.63, 3.8) is 0 Å². The molecular formula is C22H19ClN4OS2. The van der Waals surface area contributed by atoms with Crippen molar-refractivity contribution in [3.8, 4) is 0 Å². The van der Waals surface area contributed by atoms with Gasteiger partial charge in [-0.1, -0.05) is 47.6 Å². The lowest BCUT2D eigenvalue weighted by atomic mass is 10.2. The zero-order chi connectivity index (χ0) is 20.9. The fourth-order valence-electron chi connectivity index (χ4n) is 2.94. The number of thioether (sulfide) groups is 1. The molecule has 0 radical (unpaired) electrons. The minimum atomic E-state index is -0.172. The van der Waals surface area contributed by atoms with Crippen molar-refractivity contribution in [2.45, 2.75) is 18.6 Å². The Balaban J connectivity index is 1.45. The molecule has 4 rings (SSSR count). The molecule has 2 aromatic carbocycles. The van der Waals surface area contributed by atoms with E-state index in [0.29, 0.717) is 11.6 Å². The molecule has 0 aliphatic heterocycles. The lowest BCUT2D eigenvalue weighted by Gasteiger charge is -2.09. The maximum atomic E-state index is 12.2. The number of amides is 1. The van der Waals surface area contributed by atoms with Gasteiger partial charge in [0.05, 0.1) is 29.5 Å². The molecule has 0 bridgehead atoms. The van der Waals surface area contributed by atoms with Gasteiger partial charge < -0.3 is 4.57 Å². The first-order chi connectivity index (χ1) is 14.6. The van der Waals surface area contributed by atoms with E-state index in [9.17, 15) is 4.79 Å². The summed E-state index contributed by atoms with van der Waals surface area (Å²) in [6, 6.07) is 19.7. The molecule has 4 aromatic rings. The lowest BCUT2D eigenvalue weighted by Crippen LogP contribution is -2.20. The predicted molar refractivity (Wildman–Crippen MR) is 126 cm³/mol.